The molecular formula is C11H14O3. The summed E-state index contributed by atoms with van der Waals surface area (Å²) in [5.41, 5.74) is 2.58. The molecule has 1 rings (SSSR count). The summed E-state index contributed by atoms with van der Waals surface area (Å²) >= 11 is 0. The molecule has 0 N–H and O–H groups in total. The molecule has 0 spiro atoms. The van der Waals surface area contributed by atoms with Crippen LogP contribution < -0.4 is 0 Å². The van der Waals surface area contributed by atoms with Gasteiger partial charge in [-0.15, -0.1) is 0 Å². The molecule has 0 aromatic heterocycles. The third kappa shape index (κ3) is 2.57. The first-order valence-electron chi connectivity index (χ1n) is 4.35. The smallest absolute Gasteiger partial charge is 0.337 e. The molecule has 0 saturated carbocycles. The van der Waals surface area contributed by atoms with Crippen molar-refractivity contribution in [3.8, 4) is 0 Å². The Kier molecular flexibility index (Phi) is 3.65. The fraction of sp³-hybridized carbons (Fsp3) is 0.364. The number of methoxy groups -OCH3 is 2. The first kappa shape index (κ1) is 10.7. The minimum atomic E-state index is -0.314. The van der Waals surface area contributed by atoms with E-state index in [2.05, 4.69) is 4.74 Å². The average Bonchev–Trinajstić information content (AvgIpc) is 2.16. The van der Waals surface area contributed by atoms with Crippen LogP contribution in [0, 0.1) is 6.92 Å². The van der Waals surface area contributed by atoms with Crippen molar-refractivity contribution in [2.45, 2.75) is 13.5 Å². The van der Waals surface area contributed by atoms with E-state index < -0.39 is 0 Å². The first-order chi connectivity index (χ1) is 6.67. The Morgan fingerprint density at radius 1 is 1.29 bits per heavy atom. The monoisotopic (exact) mass is 194 g/mol. The first-order valence-corrected chi connectivity index (χ1v) is 4.35. The summed E-state index contributed by atoms with van der Waals surface area (Å²) in [5, 5.41) is 0. The van der Waals surface area contributed by atoms with Gasteiger partial charge in [-0.3, -0.25) is 0 Å². The van der Waals surface area contributed by atoms with Crippen molar-refractivity contribution in [3.63, 3.8) is 0 Å². The van der Waals surface area contributed by atoms with E-state index in [0.29, 0.717) is 12.2 Å². The van der Waals surface area contributed by atoms with Crippen LogP contribution in [0.5, 0.6) is 0 Å². The zero-order chi connectivity index (χ0) is 10.6. The van der Waals surface area contributed by atoms with E-state index in [0.717, 1.165) is 11.1 Å². The Hall–Kier alpha value is -1.35. The van der Waals surface area contributed by atoms with Gasteiger partial charge in [0.2, 0.25) is 0 Å². The van der Waals surface area contributed by atoms with Crippen LogP contribution in [0.1, 0.15) is 21.5 Å². The van der Waals surface area contributed by atoms with Gasteiger partial charge in [-0.25, -0.2) is 4.79 Å². The maximum atomic E-state index is 11.3. The Labute approximate surface area is 83.6 Å². The summed E-state index contributed by atoms with van der Waals surface area (Å²) in [7, 11) is 3.00. The van der Waals surface area contributed by atoms with Crippen LogP contribution in [-0.2, 0) is 16.1 Å². The third-order valence-electron chi connectivity index (χ3n) is 1.87. The van der Waals surface area contributed by atoms with Gasteiger partial charge in [-0.2, -0.15) is 0 Å². The maximum absolute atomic E-state index is 11.3. The molecule has 0 heterocycles. The van der Waals surface area contributed by atoms with Crippen molar-refractivity contribution in [1.29, 1.82) is 0 Å². The van der Waals surface area contributed by atoms with Gasteiger partial charge in [0.25, 0.3) is 0 Å². The molecule has 0 saturated heterocycles. The molecule has 0 bridgehead atoms. The molecule has 0 amide bonds. The largest absolute Gasteiger partial charge is 0.465 e. The second kappa shape index (κ2) is 4.77. The van der Waals surface area contributed by atoms with Crippen LogP contribution in [0.4, 0.5) is 0 Å². The maximum Gasteiger partial charge on any atom is 0.337 e. The molecule has 0 aliphatic rings. The Morgan fingerprint density at radius 2 is 2.00 bits per heavy atom. The Bertz CT molecular complexity index is 331. The molecule has 0 atom stereocenters. The van der Waals surface area contributed by atoms with Crippen LogP contribution in [0.15, 0.2) is 18.2 Å². The molecule has 0 aliphatic heterocycles. The number of carbonyl (C=O) groups excluding carboxylic acids is 1. The highest BCUT2D eigenvalue weighted by Crippen LogP contribution is 2.11. The van der Waals surface area contributed by atoms with Gasteiger partial charge in [-0.05, 0) is 30.2 Å². The molecular weight excluding hydrogens is 180 g/mol. The highest BCUT2D eigenvalue weighted by molar-refractivity contribution is 5.89. The Morgan fingerprint density at radius 3 is 2.57 bits per heavy atom. The molecule has 1 aromatic rings. The van der Waals surface area contributed by atoms with Gasteiger partial charge >= 0.3 is 5.97 Å². The van der Waals surface area contributed by atoms with E-state index >= 15 is 0 Å². The summed E-state index contributed by atoms with van der Waals surface area (Å²) < 4.78 is 9.64. The fourth-order valence-electron chi connectivity index (χ4n) is 1.35. The molecule has 0 aliphatic carbocycles. The molecule has 0 unspecified atom stereocenters. The summed E-state index contributed by atoms with van der Waals surface area (Å²) in [6, 6.07) is 5.56. The normalized spacial score (nSPS) is 9.93. The van der Waals surface area contributed by atoms with E-state index in [1.165, 1.54) is 7.11 Å². The summed E-state index contributed by atoms with van der Waals surface area (Å²) in [6.45, 7) is 2.44. The number of hydrogen-bond acceptors (Lipinski definition) is 3. The van der Waals surface area contributed by atoms with E-state index in [1.54, 1.807) is 19.2 Å². The van der Waals surface area contributed by atoms with Gasteiger partial charge in [0, 0.05) is 7.11 Å². The van der Waals surface area contributed by atoms with Crippen LogP contribution in [0.3, 0.4) is 0 Å². The molecule has 0 fully saturated rings. The number of rotatable bonds is 3. The second-order valence-electron chi connectivity index (χ2n) is 3.13. The van der Waals surface area contributed by atoms with Crippen LogP contribution in [0.2, 0.25) is 0 Å². The lowest BCUT2D eigenvalue weighted by Crippen LogP contribution is -2.03. The summed E-state index contributed by atoms with van der Waals surface area (Å²) in [6.07, 6.45) is 0. The quantitative estimate of drug-likeness (QED) is 0.690. The summed E-state index contributed by atoms with van der Waals surface area (Å²) in [5.74, 6) is -0.314. The zero-order valence-corrected chi connectivity index (χ0v) is 8.66. The van der Waals surface area contributed by atoms with Gasteiger partial charge in [0.1, 0.15) is 0 Å². The number of aryl methyl sites for hydroxylation is 1. The number of carbonyl (C=O) groups is 1. The highest BCUT2D eigenvalue weighted by Gasteiger charge is 2.06. The van der Waals surface area contributed by atoms with Crippen molar-refractivity contribution in [2.75, 3.05) is 14.2 Å². The number of ether oxygens (including phenoxy) is 2. The molecule has 14 heavy (non-hydrogen) atoms. The molecule has 3 nitrogen and oxygen atoms in total. The van der Waals surface area contributed by atoms with Crippen LogP contribution in [-0.4, -0.2) is 20.2 Å². The zero-order valence-electron chi connectivity index (χ0n) is 8.66. The van der Waals surface area contributed by atoms with E-state index in [1.807, 2.05) is 13.0 Å². The highest BCUT2D eigenvalue weighted by atomic mass is 16.5. The van der Waals surface area contributed by atoms with E-state index in [-0.39, 0.29) is 5.97 Å². The summed E-state index contributed by atoms with van der Waals surface area (Å²) in [4.78, 5) is 11.3. The van der Waals surface area contributed by atoms with Crippen LogP contribution in [0.25, 0.3) is 0 Å². The fourth-order valence-corrected chi connectivity index (χ4v) is 1.35. The molecule has 3 heteroatoms. The minimum Gasteiger partial charge on any atom is -0.465 e. The van der Waals surface area contributed by atoms with Crippen LogP contribution >= 0.6 is 0 Å². The average molecular weight is 194 g/mol. The number of hydrogen-bond donors (Lipinski definition) is 0. The SMILES string of the molecule is COCc1cc(C)cc(C(=O)OC)c1. The molecule has 1 aromatic carbocycles. The Balaban J connectivity index is 3.00. The predicted molar refractivity (Wildman–Crippen MR) is 53.2 cm³/mol. The standard InChI is InChI=1S/C11H14O3/c1-8-4-9(7-13-2)6-10(5-8)11(12)14-3/h4-6H,7H2,1-3H3. The van der Waals surface area contributed by atoms with Crippen molar-refractivity contribution in [3.05, 3.63) is 34.9 Å². The van der Waals surface area contributed by atoms with Crippen molar-refractivity contribution in [2.24, 2.45) is 0 Å². The van der Waals surface area contributed by atoms with Crippen molar-refractivity contribution >= 4 is 5.97 Å². The lowest BCUT2D eigenvalue weighted by Gasteiger charge is -2.05. The minimum absolute atomic E-state index is 0.314. The third-order valence-corrected chi connectivity index (χ3v) is 1.87. The topological polar surface area (TPSA) is 35.5 Å². The van der Waals surface area contributed by atoms with Gasteiger partial charge in [0.05, 0.1) is 19.3 Å². The lowest BCUT2D eigenvalue weighted by molar-refractivity contribution is 0.0600. The number of esters is 1. The lowest BCUT2D eigenvalue weighted by atomic mass is 10.1. The van der Waals surface area contributed by atoms with E-state index in [4.69, 9.17) is 4.74 Å². The van der Waals surface area contributed by atoms with Gasteiger partial charge < -0.3 is 9.47 Å². The van der Waals surface area contributed by atoms with Crippen molar-refractivity contribution in [1.82, 2.24) is 0 Å². The van der Waals surface area contributed by atoms with Crippen molar-refractivity contribution < 1.29 is 14.3 Å². The second-order valence-corrected chi connectivity index (χ2v) is 3.13. The predicted octanol–water partition coefficient (Wildman–Crippen LogP) is 1.93. The van der Waals surface area contributed by atoms with Gasteiger partial charge in [0.15, 0.2) is 0 Å². The van der Waals surface area contributed by atoms with Gasteiger partial charge in [-0.1, -0.05) is 6.07 Å². The van der Waals surface area contributed by atoms with E-state index in [9.17, 15) is 4.79 Å². The molecule has 76 valence electrons. The number of benzene rings is 1. The molecule has 0 radical (unpaired) electrons.